The average molecular weight is 575 g/mol. The molecular weight excluding hydrogens is 539 g/mol. The molecule has 7 nitrogen and oxygen atoms in total. The molecule has 8 rings (SSSR count). The Bertz CT molecular complexity index is 1800. The van der Waals surface area contributed by atoms with Crippen LogP contribution in [0.25, 0.3) is 22.3 Å². The van der Waals surface area contributed by atoms with Crippen molar-refractivity contribution < 1.29 is 4.79 Å². The fourth-order valence-corrected chi connectivity index (χ4v) is 7.39. The van der Waals surface area contributed by atoms with Crippen LogP contribution in [-0.4, -0.2) is 54.1 Å². The minimum absolute atomic E-state index is 0.0371. The summed E-state index contributed by atoms with van der Waals surface area (Å²) < 4.78 is 0. The number of hydrogen-bond acceptors (Lipinski definition) is 3. The molecule has 2 saturated carbocycles. The number of imidazole rings is 2. The molecule has 212 valence electrons. The predicted molar refractivity (Wildman–Crippen MR) is 167 cm³/mol. The monoisotopic (exact) mass is 574 g/mol. The van der Waals surface area contributed by atoms with E-state index in [-0.39, 0.29) is 11.9 Å². The van der Waals surface area contributed by atoms with E-state index in [4.69, 9.17) is 9.97 Å². The minimum Gasteiger partial charge on any atom is -0.341 e. The third kappa shape index (κ3) is 4.58. The number of likely N-dealkylation sites (tertiary alicyclic amines) is 2. The Morgan fingerprint density at radius 1 is 0.881 bits per heavy atom. The van der Waals surface area contributed by atoms with Crippen molar-refractivity contribution >= 4 is 31.2 Å². The van der Waals surface area contributed by atoms with Gasteiger partial charge in [0.1, 0.15) is 11.6 Å². The maximum atomic E-state index is 12.3. The number of amides is 1. The van der Waals surface area contributed by atoms with Crippen LogP contribution in [0.4, 0.5) is 0 Å². The smallest absolute Gasteiger partial charge is 0.220 e. The van der Waals surface area contributed by atoms with Gasteiger partial charge in [0.05, 0.1) is 35.0 Å². The van der Waals surface area contributed by atoms with Crippen molar-refractivity contribution in [2.45, 2.75) is 64.5 Å². The van der Waals surface area contributed by atoms with Crippen LogP contribution in [0.15, 0.2) is 48.7 Å². The number of carbonyl (C=O) groups excluding carboxylic acids is 1. The quantitative estimate of drug-likeness (QED) is 0.223. The van der Waals surface area contributed by atoms with Gasteiger partial charge in [0.25, 0.3) is 0 Å². The molecule has 0 unspecified atom stereocenters. The molecule has 4 fully saturated rings. The van der Waals surface area contributed by atoms with E-state index in [1.165, 1.54) is 37.5 Å². The topological polar surface area (TPSA) is 80.9 Å². The van der Waals surface area contributed by atoms with Crippen molar-refractivity contribution in [3.8, 4) is 23.1 Å². The number of H-pyrrole nitrogens is 2. The summed E-state index contributed by atoms with van der Waals surface area (Å²) in [4.78, 5) is 33.5. The molecule has 1 amide bonds. The number of fused-ring (bicyclic) bond motifs is 1. The van der Waals surface area contributed by atoms with Gasteiger partial charge in [-0.1, -0.05) is 24.0 Å². The molecule has 2 N–H and O–H groups in total. The first kappa shape index (κ1) is 25.9. The summed E-state index contributed by atoms with van der Waals surface area (Å²) in [5, 5.41) is 0. The lowest BCUT2D eigenvalue weighted by Crippen LogP contribution is -2.29. The molecule has 2 aliphatic carbocycles. The normalized spacial score (nSPS) is 23.4. The lowest BCUT2D eigenvalue weighted by molar-refractivity contribution is -0.130. The SMILES string of the molecule is CC(=O)N1CC2(CC2)C[C@H]1c1nc2ccc(C#Cc3ccc(-c4cnc([C@@H]5CC6(CC6)CN5C(C)=P)[nH]4)cc3)cc2[nH]1. The largest absolute Gasteiger partial charge is 0.341 e. The maximum Gasteiger partial charge on any atom is 0.220 e. The lowest BCUT2D eigenvalue weighted by Gasteiger charge is -2.22. The molecule has 2 aromatic carbocycles. The van der Waals surface area contributed by atoms with Crippen LogP contribution in [0, 0.1) is 22.7 Å². The molecule has 2 saturated heterocycles. The summed E-state index contributed by atoms with van der Waals surface area (Å²) in [5.41, 5.74) is 7.90. The fraction of sp³-hybridized carbons (Fsp3) is 0.412. The van der Waals surface area contributed by atoms with Crippen molar-refractivity contribution in [3.63, 3.8) is 0 Å². The number of nitrogens with zero attached hydrogens (tertiary/aromatic N) is 4. The van der Waals surface area contributed by atoms with Crippen LogP contribution in [0.1, 0.15) is 87.2 Å². The van der Waals surface area contributed by atoms with Gasteiger partial charge in [-0.3, -0.25) is 9.69 Å². The van der Waals surface area contributed by atoms with E-state index < -0.39 is 0 Å². The van der Waals surface area contributed by atoms with Crippen molar-refractivity contribution in [1.82, 2.24) is 29.7 Å². The summed E-state index contributed by atoms with van der Waals surface area (Å²) in [6, 6.07) is 14.8. The van der Waals surface area contributed by atoms with Gasteiger partial charge in [0, 0.05) is 36.6 Å². The molecule has 2 aliphatic heterocycles. The number of nitrogens with one attached hydrogen (secondary N) is 2. The van der Waals surface area contributed by atoms with Gasteiger partial charge in [0.2, 0.25) is 5.91 Å². The lowest BCUT2D eigenvalue weighted by atomic mass is 10.0. The van der Waals surface area contributed by atoms with Crippen LogP contribution in [0.5, 0.6) is 0 Å². The number of benzene rings is 2. The molecule has 8 heteroatoms. The number of carbonyl (C=O) groups is 1. The van der Waals surface area contributed by atoms with Crippen LogP contribution in [-0.2, 0) is 4.79 Å². The van der Waals surface area contributed by atoms with E-state index in [0.717, 1.165) is 64.6 Å². The Morgan fingerprint density at radius 2 is 1.52 bits per heavy atom. The van der Waals surface area contributed by atoms with Gasteiger partial charge < -0.3 is 14.9 Å². The zero-order valence-corrected chi connectivity index (χ0v) is 25.1. The summed E-state index contributed by atoms with van der Waals surface area (Å²) in [6.45, 7) is 5.77. The van der Waals surface area contributed by atoms with E-state index in [0.29, 0.717) is 16.9 Å². The first-order valence-electron chi connectivity index (χ1n) is 15.0. The van der Waals surface area contributed by atoms with Gasteiger partial charge in [-0.05, 0) is 92.2 Å². The summed E-state index contributed by atoms with van der Waals surface area (Å²) in [6.07, 6.45) is 9.21. The summed E-state index contributed by atoms with van der Waals surface area (Å²) in [5.74, 6) is 8.69. The zero-order chi connectivity index (χ0) is 28.6. The standard InChI is InChI=1S/C34H35N6OP/c1-21(41)39-19-33(11-12-33)17-30(39)32-36-26-10-7-24(15-27(26)37-32)4-3-23-5-8-25(9-6-23)28-18-35-31(38-28)29-16-34(13-14-34)20-40(29)22(2)42/h5-10,15,18,29-30,42H,11-14,16-17,19-20H2,1-2H3,(H,35,38)(H,36,37)/t29-,30-/m0/s1. The summed E-state index contributed by atoms with van der Waals surface area (Å²) >= 11 is 0. The Hall–Kier alpha value is -3.72. The molecule has 4 heterocycles. The average Bonchev–Trinajstić information content (AvgIpc) is 3.59. The molecule has 2 spiro atoms. The van der Waals surface area contributed by atoms with Crippen LogP contribution in [0.3, 0.4) is 0 Å². The number of aromatic amines is 2. The number of aromatic nitrogens is 4. The molecular formula is C34H35N6OP. The van der Waals surface area contributed by atoms with E-state index in [1.807, 2.05) is 23.2 Å². The van der Waals surface area contributed by atoms with E-state index in [2.05, 4.69) is 72.8 Å². The van der Waals surface area contributed by atoms with Crippen LogP contribution in [0.2, 0.25) is 0 Å². The fourth-order valence-electron chi connectivity index (χ4n) is 7.16. The first-order chi connectivity index (χ1) is 20.3. The number of rotatable bonds is 4. The second kappa shape index (κ2) is 9.39. The van der Waals surface area contributed by atoms with Gasteiger partial charge in [-0.25, -0.2) is 9.97 Å². The van der Waals surface area contributed by atoms with Crippen LogP contribution < -0.4 is 0 Å². The second-order valence-electron chi connectivity index (χ2n) is 13.2. The first-order valence-corrected chi connectivity index (χ1v) is 15.5. The second-order valence-corrected chi connectivity index (χ2v) is 13.9. The molecule has 4 aromatic rings. The highest BCUT2D eigenvalue weighted by Gasteiger charge is 2.54. The third-order valence-corrected chi connectivity index (χ3v) is 10.3. The van der Waals surface area contributed by atoms with Crippen LogP contribution >= 0.6 is 8.86 Å². The Morgan fingerprint density at radius 3 is 2.19 bits per heavy atom. The highest BCUT2D eigenvalue weighted by molar-refractivity contribution is 7.20. The minimum atomic E-state index is 0.0371. The molecule has 2 atom stereocenters. The van der Waals surface area contributed by atoms with E-state index in [9.17, 15) is 4.79 Å². The van der Waals surface area contributed by atoms with Gasteiger partial charge in [-0.2, -0.15) is 0 Å². The van der Waals surface area contributed by atoms with Crippen molar-refractivity contribution in [2.24, 2.45) is 10.8 Å². The zero-order valence-electron chi connectivity index (χ0n) is 24.1. The van der Waals surface area contributed by atoms with Crippen molar-refractivity contribution in [1.29, 1.82) is 0 Å². The van der Waals surface area contributed by atoms with E-state index >= 15 is 0 Å². The van der Waals surface area contributed by atoms with Gasteiger partial charge >= 0.3 is 0 Å². The maximum absolute atomic E-state index is 12.3. The Labute approximate surface area is 248 Å². The van der Waals surface area contributed by atoms with Crippen molar-refractivity contribution in [2.75, 3.05) is 13.1 Å². The third-order valence-electron chi connectivity index (χ3n) is 10.0. The Balaban J connectivity index is 0.980. The predicted octanol–water partition coefficient (Wildman–Crippen LogP) is 6.25. The van der Waals surface area contributed by atoms with Gasteiger partial charge in [0.15, 0.2) is 0 Å². The molecule has 2 aromatic heterocycles. The van der Waals surface area contributed by atoms with E-state index in [1.54, 1.807) is 6.92 Å². The Kier molecular flexibility index (Phi) is 5.80. The number of hydrogen-bond donors (Lipinski definition) is 2. The molecule has 4 aliphatic rings. The highest BCUT2D eigenvalue weighted by atomic mass is 31.0. The van der Waals surface area contributed by atoms with Gasteiger partial charge in [-0.15, -0.1) is 8.86 Å². The molecule has 42 heavy (non-hydrogen) atoms. The van der Waals surface area contributed by atoms with Crippen molar-refractivity contribution in [3.05, 3.63) is 71.4 Å². The summed E-state index contributed by atoms with van der Waals surface area (Å²) in [7, 11) is 3.77. The molecule has 0 radical (unpaired) electrons. The molecule has 0 bridgehead atoms. The highest BCUT2D eigenvalue weighted by Crippen LogP contribution is 2.59.